The summed E-state index contributed by atoms with van der Waals surface area (Å²) < 4.78 is 19.6. The smallest absolute Gasteiger partial charge is 0.267 e. The normalized spacial score (nSPS) is 11.7. The number of nitrogens with zero attached hydrogens (tertiary/aromatic N) is 2. The first-order valence-electron chi connectivity index (χ1n) is 8.87. The van der Waals surface area contributed by atoms with Crippen molar-refractivity contribution in [3.8, 4) is 17.0 Å². The van der Waals surface area contributed by atoms with E-state index < -0.39 is 11.6 Å². The molecule has 3 aromatic rings. The van der Waals surface area contributed by atoms with E-state index >= 15 is 0 Å². The summed E-state index contributed by atoms with van der Waals surface area (Å²) in [5.41, 5.74) is 1.30. The minimum Gasteiger partial charge on any atom is -0.494 e. The second-order valence-corrected chi connectivity index (χ2v) is 6.13. The maximum absolute atomic E-state index is 13.1. The minimum absolute atomic E-state index is 0.361. The van der Waals surface area contributed by atoms with Gasteiger partial charge in [-0.1, -0.05) is 0 Å². The third-order valence-corrected chi connectivity index (χ3v) is 4.14. The summed E-state index contributed by atoms with van der Waals surface area (Å²) >= 11 is 0. The molecule has 7 heteroatoms. The van der Waals surface area contributed by atoms with Crippen LogP contribution in [-0.2, 0) is 4.79 Å². The summed E-state index contributed by atoms with van der Waals surface area (Å²) in [6.07, 6.45) is 0. The van der Waals surface area contributed by atoms with Crippen LogP contribution in [0.5, 0.6) is 5.75 Å². The van der Waals surface area contributed by atoms with Crippen molar-refractivity contribution in [1.82, 2.24) is 9.78 Å². The quantitative estimate of drug-likeness (QED) is 0.707. The Bertz CT molecular complexity index is 1010. The van der Waals surface area contributed by atoms with Crippen LogP contribution in [-0.4, -0.2) is 22.3 Å². The highest BCUT2D eigenvalue weighted by Gasteiger charge is 2.18. The Balaban J connectivity index is 1.79. The van der Waals surface area contributed by atoms with Crippen molar-refractivity contribution in [2.45, 2.75) is 19.9 Å². The van der Waals surface area contributed by atoms with Gasteiger partial charge < -0.3 is 10.1 Å². The number of carbonyl (C=O) groups is 1. The van der Waals surface area contributed by atoms with Crippen molar-refractivity contribution in [2.75, 3.05) is 11.9 Å². The van der Waals surface area contributed by atoms with E-state index in [1.165, 1.54) is 18.2 Å². The number of anilines is 1. The Morgan fingerprint density at radius 2 is 1.79 bits per heavy atom. The molecular weight excluding hydrogens is 361 g/mol. The lowest BCUT2D eigenvalue weighted by Crippen LogP contribution is -2.33. The number of hydrogen-bond acceptors (Lipinski definition) is 4. The number of carbonyl (C=O) groups excluding carboxylic acids is 1. The second-order valence-electron chi connectivity index (χ2n) is 6.13. The summed E-state index contributed by atoms with van der Waals surface area (Å²) in [5, 5.41) is 7.03. The molecule has 0 aliphatic carbocycles. The van der Waals surface area contributed by atoms with Crippen LogP contribution in [0.4, 0.5) is 10.1 Å². The van der Waals surface area contributed by atoms with Crippen molar-refractivity contribution in [3.63, 3.8) is 0 Å². The van der Waals surface area contributed by atoms with Gasteiger partial charge in [0.15, 0.2) is 0 Å². The van der Waals surface area contributed by atoms with Crippen molar-refractivity contribution in [3.05, 3.63) is 76.8 Å². The van der Waals surface area contributed by atoms with E-state index in [1.54, 1.807) is 49.4 Å². The molecule has 28 heavy (non-hydrogen) atoms. The zero-order chi connectivity index (χ0) is 20.1. The van der Waals surface area contributed by atoms with Crippen molar-refractivity contribution < 1.29 is 13.9 Å². The number of halogens is 1. The van der Waals surface area contributed by atoms with Crippen LogP contribution in [0.25, 0.3) is 11.3 Å². The first kappa shape index (κ1) is 19.3. The predicted octanol–water partition coefficient (Wildman–Crippen LogP) is 3.65. The summed E-state index contributed by atoms with van der Waals surface area (Å²) in [6, 6.07) is 14.8. The van der Waals surface area contributed by atoms with Crippen LogP contribution < -0.4 is 15.6 Å². The Morgan fingerprint density at radius 3 is 2.43 bits per heavy atom. The zero-order valence-corrected chi connectivity index (χ0v) is 15.6. The molecule has 0 fully saturated rings. The molecule has 1 amide bonds. The lowest BCUT2D eigenvalue weighted by atomic mass is 10.1. The maximum Gasteiger partial charge on any atom is 0.267 e. The molecule has 0 bridgehead atoms. The highest BCUT2D eigenvalue weighted by atomic mass is 19.1. The number of ether oxygens (including phenoxy) is 1. The molecule has 6 nitrogen and oxygen atoms in total. The largest absolute Gasteiger partial charge is 0.494 e. The van der Waals surface area contributed by atoms with Crippen LogP contribution in [0, 0.1) is 5.82 Å². The Kier molecular flexibility index (Phi) is 5.84. The molecule has 1 unspecified atom stereocenters. The first-order valence-corrected chi connectivity index (χ1v) is 8.87. The van der Waals surface area contributed by atoms with Gasteiger partial charge in [-0.2, -0.15) is 5.10 Å². The average Bonchev–Trinajstić information content (AvgIpc) is 2.70. The minimum atomic E-state index is -0.834. The molecule has 3 rings (SSSR count). The van der Waals surface area contributed by atoms with Gasteiger partial charge in [0.05, 0.1) is 12.3 Å². The zero-order valence-electron chi connectivity index (χ0n) is 15.6. The van der Waals surface area contributed by atoms with Gasteiger partial charge in [-0.25, -0.2) is 9.07 Å². The molecule has 0 saturated heterocycles. The molecule has 1 aromatic heterocycles. The molecule has 0 aliphatic heterocycles. The molecule has 0 spiro atoms. The van der Waals surface area contributed by atoms with Gasteiger partial charge in [0.2, 0.25) is 5.91 Å². The third-order valence-electron chi connectivity index (χ3n) is 4.14. The number of hydrogen-bond donors (Lipinski definition) is 1. The van der Waals surface area contributed by atoms with Gasteiger partial charge >= 0.3 is 0 Å². The molecule has 1 heterocycles. The lowest BCUT2D eigenvalue weighted by Gasteiger charge is -2.15. The van der Waals surface area contributed by atoms with E-state index in [4.69, 9.17) is 4.74 Å². The van der Waals surface area contributed by atoms with Gasteiger partial charge in [-0.05, 0) is 68.4 Å². The van der Waals surface area contributed by atoms with E-state index in [1.807, 2.05) is 6.92 Å². The first-order chi connectivity index (χ1) is 13.5. The second kappa shape index (κ2) is 8.47. The van der Waals surface area contributed by atoms with Gasteiger partial charge in [-0.3, -0.25) is 9.59 Å². The van der Waals surface area contributed by atoms with E-state index in [-0.39, 0.29) is 11.7 Å². The van der Waals surface area contributed by atoms with Gasteiger partial charge in [0.1, 0.15) is 17.6 Å². The Labute approximate surface area is 161 Å². The fraction of sp³-hybridized carbons (Fsp3) is 0.190. The van der Waals surface area contributed by atoms with Crippen molar-refractivity contribution in [2.24, 2.45) is 0 Å². The standard InChI is InChI=1S/C21H20FN3O3/c1-3-28-18-10-8-17(9-11-18)23-21(27)14(2)25-20(26)13-12-19(24-25)15-4-6-16(22)7-5-15/h4-14H,3H2,1-2H3,(H,23,27). The maximum atomic E-state index is 13.1. The third kappa shape index (κ3) is 4.43. The van der Waals surface area contributed by atoms with E-state index in [0.717, 1.165) is 4.68 Å². The van der Waals surface area contributed by atoms with Crippen LogP contribution in [0.15, 0.2) is 65.5 Å². The predicted molar refractivity (Wildman–Crippen MR) is 105 cm³/mol. The summed E-state index contributed by atoms with van der Waals surface area (Å²) in [5.74, 6) is -0.0337. The number of aromatic nitrogens is 2. The SMILES string of the molecule is CCOc1ccc(NC(=O)C(C)n2nc(-c3ccc(F)cc3)ccc2=O)cc1. The molecule has 2 aromatic carbocycles. The Morgan fingerprint density at radius 1 is 1.11 bits per heavy atom. The Hall–Kier alpha value is -3.48. The molecule has 144 valence electrons. The number of amides is 1. The molecule has 1 atom stereocenters. The fourth-order valence-corrected chi connectivity index (χ4v) is 2.64. The highest BCUT2D eigenvalue weighted by molar-refractivity contribution is 5.93. The van der Waals surface area contributed by atoms with Crippen LogP contribution >= 0.6 is 0 Å². The molecule has 0 radical (unpaired) electrons. The topological polar surface area (TPSA) is 73.2 Å². The average molecular weight is 381 g/mol. The summed E-state index contributed by atoms with van der Waals surface area (Å²) in [6.45, 7) is 4.04. The van der Waals surface area contributed by atoms with E-state index in [0.29, 0.717) is 29.3 Å². The molecule has 1 N–H and O–H groups in total. The lowest BCUT2D eigenvalue weighted by molar-refractivity contribution is -0.119. The van der Waals surface area contributed by atoms with E-state index in [9.17, 15) is 14.0 Å². The van der Waals surface area contributed by atoms with Crippen molar-refractivity contribution in [1.29, 1.82) is 0 Å². The highest BCUT2D eigenvalue weighted by Crippen LogP contribution is 2.18. The number of rotatable bonds is 6. The summed E-state index contributed by atoms with van der Waals surface area (Å²) in [4.78, 5) is 24.8. The van der Waals surface area contributed by atoms with Crippen molar-refractivity contribution >= 4 is 11.6 Å². The summed E-state index contributed by atoms with van der Waals surface area (Å²) in [7, 11) is 0. The van der Waals surface area contributed by atoms with Gasteiger partial charge in [0.25, 0.3) is 5.56 Å². The van der Waals surface area contributed by atoms with Crippen LogP contribution in [0.1, 0.15) is 19.9 Å². The molecule has 0 saturated carbocycles. The van der Waals surface area contributed by atoms with Gasteiger partial charge in [0, 0.05) is 17.3 Å². The fourth-order valence-electron chi connectivity index (χ4n) is 2.64. The van der Waals surface area contributed by atoms with E-state index in [2.05, 4.69) is 10.4 Å². The van der Waals surface area contributed by atoms with Crippen LogP contribution in [0.3, 0.4) is 0 Å². The molecule has 0 aliphatic rings. The van der Waals surface area contributed by atoms with Crippen LogP contribution in [0.2, 0.25) is 0 Å². The monoisotopic (exact) mass is 381 g/mol. The number of nitrogens with one attached hydrogen (secondary N) is 1. The molecular formula is C21H20FN3O3. The number of benzene rings is 2. The van der Waals surface area contributed by atoms with Gasteiger partial charge in [-0.15, -0.1) is 0 Å².